The first kappa shape index (κ1) is 20.0. The van der Waals surface area contributed by atoms with Crippen LogP contribution in [0.4, 0.5) is 5.82 Å². The molecule has 1 aliphatic heterocycles. The van der Waals surface area contributed by atoms with Gasteiger partial charge in [-0.25, -0.2) is 4.98 Å². The van der Waals surface area contributed by atoms with Crippen LogP contribution in [-0.2, 0) is 4.74 Å². The van der Waals surface area contributed by atoms with Gasteiger partial charge in [0.15, 0.2) is 0 Å². The van der Waals surface area contributed by atoms with Crippen LogP contribution in [0.5, 0.6) is 0 Å². The molecule has 0 aliphatic carbocycles. The van der Waals surface area contributed by atoms with Crippen molar-refractivity contribution in [2.75, 3.05) is 31.2 Å². The Morgan fingerprint density at radius 2 is 1.79 bits per heavy atom. The van der Waals surface area contributed by atoms with Crippen LogP contribution in [0.15, 0.2) is 71.7 Å². The van der Waals surface area contributed by atoms with Crippen molar-refractivity contribution in [1.29, 1.82) is 0 Å². The van der Waals surface area contributed by atoms with E-state index in [4.69, 9.17) is 16.3 Å². The standard InChI is InChI=1S/C26H21ClN4O2/c27-21-14-24-17(12-20(21)18-2-1-3-22-19(18)5-7-26(32)30-22)13-23(29-24)16-4-6-25(28-15-16)31-8-10-33-11-9-31/h1-7,12-15,29H,8-11H2,(H,30,32). The second kappa shape index (κ2) is 8.06. The van der Waals surface area contributed by atoms with Gasteiger partial charge in [0.05, 0.1) is 18.2 Å². The van der Waals surface area contributed by atoms with E-state index >= 15 is 0 Å². The van der Waals surface area contributed by atoms with Crippen LogP contribution in [0.25, 0.3) is 44.2 Å². The number of aromatic nitrogens is 3. The fourth-order valence-electron chi connectivity index (χ4n) is 4.46. The minimum absolute atomic E-state index is 0.121. The molecule has 1 saturated heterocycles. The molecule has 2 N–H and O–H groups in total. The first-order valence-corrected chi connectivity index (χ1v) is 11.3. The van der Waals surface area contributed by atoms with Crippen molar-refractivity contribution in [3.8, 4) is 22.4 Å². The summed E-state index contributed by atoms with van der Waals surface area (Å²) >= 11 is 6.71. The molecule has 0 spiro atoms. The maximum absolute atomic E-state index is 11.7. The molecule has 1 fully saturated rings. The Balaban J connectivity index is 1.39. The molecule has 3 aromatic heterocycles. The molecule has 7 heteroatoms. The summed E-state index contributed by atoms with van der Waals surface area (Å²) in [4.78, 5) is 25.0. The monoisotopic (exact) mass is 456 g/mol. The van der Waals surface area contributed by atoms with Crippen LogP contribution >= 0.6 is 11.6 Å². The SMILES string of the molecule is O=c1ccc2c(-c3cc4cc(-c5ccc(N6CCOCC6)nc5)[nH]c4cc3Cl)cccc2[nH]1. The molecular weight excluding hydrogens is 436 g/mol. The van der Waals surface area contributed by atoms with Crippen LogP contribution in [0.3, 0.4) is 0 Å². The Morgan fingerprint density at radius 3 is 2.61 bits per heavy atom. The third-order valence-corrected chi connectivity index (χ3v) is 6.47. The van der Waals surface area contributed by atoms with E-state index < -0.39 is 0 Å². The zero-order valence-corrected chi connectivity index (χ0v) is 18.5. The smallest absolute Gasteiger partial charge is 0.248 e. The van der Waals surface area contributed by atoms with E-state index in [1.54, 1.807) is 6.07 Å². The highest BCUT2D eigenvalue weighted by molar-refractivity contribution is 6.34. The molecule has 0 saturated carbocycles. The zero-order chi connectivity index (χ0) is 22.4. The Bertz CT molecular complexity index is 1530. The summed E-state index contributed by atoms with van der Waals surface area (Å²) in [5.41, 5.74) is 5.54. The minimum atomic E-state index is -0.121. The first-order valence-electron chi connectivity index (χ1n) is 10.9. The minimum Gasteiger partial charge on any atom is -0.378 e. The topological polar surface area (TPSA) is 74.0 Å². The lowest BCUT2D eigenvalue weighted by molar-refractivity contribution is 0.122. The number of H-pyrrole nitrogens is 2. The molecule has 6 nitrogen and oxygen atoms in total. The lowest BCUT2D eigenvalue weighted by atomic mass is 9.99. The summed E-state index contributed by atoms with van der Waals surface area (Å²) in [5, 5.41) is 2.66. The molecule has 0 bridgehead atoms. The number of nitrogens with zero attached hydrogens (tertiary/aromatic N) is 2. The van der Waals surface area contributed by atoms with Gasteiger partial charge in [0.1, 0.15) is 5.82 Å². The predicted molar refractivity (Wildman–Crippen MR) is 133 cm³/mol. The highest BCUT2D eigenvalue weighted by Gasteiger charge is 2.14. The van der Waals surface area contributed by atoms with Crippen molar-refractivity contribution in [3.63, 3.8) is 0 Å². The number of fused-ring (bicyclic) bond motifs is 2. The van der Waals surface area contributed by atoms with Gasteiger partial charge in [-0.15, -0.1) is 0 Å². The van der Waals surface area contributed by atoms with E-state index in [0.717, 1.165) is 76.3 Å². The van der Waals surface area contributed by atoms with Gasteiger partial charge < -0.3 is 19.6 Å². The average molecular weight is 457 g/mol. The second-order valence-corrected chi connectivity index (χ2v) is 8.60. The van der Waals surface area contributed by atoms with E-state index in [1.165, 1.54) is 0 Å². The molecule has 0 atom stereocenters. The molecule has 0 radical (unpaired) electrons. The number of aromatic amines is 2. The number of rotatable bonds is 3. The molecule has 6 rings (SSSR count). The number of morpholine rings is 1. The highest BCUT2D eigenvalue weighted by atomic mass is 35.5. The molecule has 4 heterocycles. The summed E-state index contributed by atoms with van der Waals surface area (Å²) in [7, 11) is 0. The van der Waals surface area contributed by atoms with Gasteiger partial charge in [-0.1, -0.05) is 23.7 Å². The van der Waals surface area contributed by atoms with Crippen LogP contribution in [0.2, 0.25) is 5.02 Å². The third kappa shape index (κ3) is 3.67. The second-order valence-electron chi connectivity index (χ2n) is 8.20. The number of hydrogen-bond donors (Lipinski definition) is 2. The lowest BCUT2D eigenvalue weighted by Gasteiger charge is -2.27. The normalized spacial score (nSPS) is 14.3. The molecule has 1 aliphatic rings. The third-order valence-electron chi connectivity index (χ3n) is 6.16. The number of pyridine rings is 2. The van der Waals surface area contributed by atoms with Gasteiger partial charge in [0.2, 0.25) is 5.56 Å². The maximum Gasteiger partial charge on any atom is 0.248 e. The van der Waals surface area contributed by atoms with Gasteiger partial charge in [-0.3, -0.25) is 4.79 Å². The molecule has 5 aromatic rings. The summed E-state index contributed by atoms with van der Waals surface area (Å²) in [6, 6.07) is 19.5. The van der Waals surface area contributed by atoms with E-state index in [9.17, 15) is 4.79 Å². The highest BCUT2D eigenvalue weighted by Crippen LogP contribution is 2.37. The Kier molecular flexibility index (Phi) is 4.89. The van der Waals surface area contributed by atoms with Crippen molar-refractivity contribution in [2.24, 2.45) is 0 Å². The average Bonchev–Trinajstić information content (AvgIpc) is 3.26. The Labute approximate surface area is 194 Å². The fourth-order valence-corrected chi connectivity index (χ4v) is 4.73. The van der Waals surface area contributed by atoms with Crippen molar-refractivity contribution in [1.82, 2.24) is 15.0 Å². The van der Waals surface area contributed by atoms with Crippen molar-refractivity contribution >= 4 is 39.2 Å². The van der Waals surface area contributed by atoms with Crippen LogP contribution < -0.4 is 10.5 Å². The van der Waals surface area contributed by atoms with Crippen LogP contribution in [0.1, 0.15) is 0 Å². The summed E-state index contributed by atoms with van der Waals surface area (Å²) < 4.78 is 5.43. The van der Waals surface area contributed by atoms with Crippen molar-refractivity contribution in [2.45, 2.75) is 0 Å². The largest absolute Gasteiger partial charge is 0.378 e. The first-order chi connectivity index (χ1) is 16.2. The van der Waals surface area contributed by atoms with Crippen molar-refractivity contribution in [3.05, 3.63) is 82.2 Å². The van der Waals surface area contributed by atoms with E-state index in [0.29, 0.717) is 5.02 Å². The quantitative estimate of drug-likeness (QED) is 0.390. The van der Waals surface area contributed by atoms with Gasteiger partial charge in [-0.05, 0) is 48.0 Å². The fraction of sp³-hybridized carbons (Fsp3) is 0.154. The number of anilines is 1. The lowest BCUT2D eigenvalue weighted by Crippen LogP contribution is -2.36. The Hall–Kier alpha value is -3.61. The van der Waals surface area contributed by atoms with Crippen molar-refractivity contribution < 1.29 is 4.74 Å². The summed E-state index contributed by atoms with van der Waals surface area (Å²) in [6.07, 6.45) is 1.90. The van der Waals surface area contributed by atoms with Crippen LogP contribution in [-0.4, -0.2) is 41.3 Å². The zero-order valence-electron chi connectivity index (χ0n) is 17.8. The van der Waals surface area contributed by atoms with Crippen LogP contribution in [0, 0.1) is 0 Å². The molecule has 164 valence electrons. The molecule has 33 heavy (non-hydrogen) atoms. The maximum atomic E-state index is 11.7. The molecule has 2 aromatic carbocycles. The summed E-state index contributed by atoms with van der Waals surface area (Å²) in [6.45, 7) is 3.20. The predicted octanol–water partition coefficient (Wildman–Crippen LogP) is 5.23. The van der Waals surface area contributed by atoms with Gasteiger partial charge in [0.25, 0.3) is 0 Å². The van der Waals surface area contributed by atoms with Gasteiger partial charge in [0, 0.05) is 64.0 Å². The number of benzene rings is 2. The van der Waals surface area contributed by atoms with Gasteiger partial charge in [-0.2, -0.15) is 0 Å². The molecule has 0 unspecified atom stereocenters. The van der Waals surface area contributed by atoms with E-state index in [2.05, 4.69) is 44.1 Å². The molecular formula is C26H21ClN4O2. The number of halogens is 1. The summed E-state index contributed by atoms with van der Waals surface area (Å²) in [5.74, 6) is 0.970. The number of hydrogen-bond acceptors (Lipinski definition) is 4. The molecule has 0 amide bonds. The number of ether oxygens (including phenoxy) is 1. The Morgan fingerprint density at radius 1 is 0.909 bits per heavy atom. The number of nitrogens with one attached hydrogen (secondary N) is 2. The van der Waals surface area contributed by atoms with Gasteiger partial charge >= 0.3 is 0 Å². The van der Waals surface area contributed by atoms with E-state index in [-0.39, 0.29) is 5.56 Å². The van der Waals surface area contributed by atoms with E-state index in [1.807, 2.05) is 36.5 Å².